The summed E-state index contributed by atoms with van der Waals surface area (Å²) in [5.74, 6) is -0.0137. The van der Waals surface area contributed by atoms with Gasteiger partial charge in [0.25, 0.3) is 0 Å². The molecule has 1 amide bonds. The summed E-state index contributed by atoms with van der Waals surface area (Å²) in [6.45, 7) is 6.76. The monoisotopic (exact) mass is 277 g/mol. The van der Waals surface area contributed by atoms with Gasteiger partial charge in [-0.05, 0) is 40.0 Å². The maximum Gasteiger partial charge on any atom is 0.220 e. The van der Waals surface area contributed by atoms with E-state index in [-0.39, 0.29) is 29.8 Å². The molecule has 0 aromatic carbocycles. The third-order valence-electron chi connectivity index (χ3n) is 3.78. The van der Waals surface area contributed by atoms with Gasteiger partial charge in [-0.1, -0.05) is 0 Å². The Morgan fingerprint density at radius 2 is 1.89 bits per heavy atom. The minimum Gasteiger partial charge on any atom is -0.388 e. The van der Waals surface area contributed by atoms with E-state index in [0.717, 1.165) is 0 Å². The highest BCUT2D eigenvalue weighted by Crippen LogP contribution is 2.24. The first-order valence-electron chi connectivity index (χ1n) is 6.17. The van der Waals surface area contributed by atoms with E-state index in [1.807, 2.05) is 0 Å². The Labute approximate surface area is 109 Å². The Balaban J connectivity index is 2.53. The zero-order valence-corrected chi connectivity index (χ0v) is 12.3. The first kappa shape index (κ1) is 15.4. The lowest BCUT2D eigenvalue weighted by Crippen LogP contribution is -2.57. The average Bonchev–Trinajstić information content (AvgIpc) is 2.41. The van der Waals surface area contributed by atoms with Crippen LogP contribution < -0.4 is 5.32 Å². The fourth-order valence-electron chi connectivity index (χ4n) is 1.85. The SMILES string of the molecule is CC(C)(O)C(C)(C)NC(=O)CC1CCS(=O)(=O)C1. The molecule has 0 saturated carbocycles. The number of carbonyl (C=O) groups excluding carboxylic acids is 1. The molecule has 18 heavy (non-hydrogen) atoms. The molecule has 5 nitrogen and oxygen atoms in total. The van der Waals surface area contributed by atoms with Crippen LogP contribution in [0.5, 0.6) is 0 Å². The standard InChI is InChI=1S/C12H23NO4S/c1-11(2,12(3,4)15)13-10(14)7-9-5-6-18(16,17)8-9/h9,15H,5-8H2,1-4H3,(H,13,14). The number of rotatable bonds is 4. The van der Waals surface area contributed by atoms with Crippen LogP contribution in [0.3, 0.4) is 0 Å². The highest BCUT2D eigenvalue weighted by Gasteiger charge is 2.37. The molecule has 1 heterocycles. The maximum absolute atomic E-state index is 11.9. The number of hydrogen-bond acceptors (Lipinski definition) is 4. The summed E-state index contributed by atoms with van der Waals surface area (Å²) in [6, 6.07) is 0. The van der Waals surface area contributed by atoms with Gasteiger partial charge in [-0.25, -0.2) is 8.42 Å². The van der Waals surface area contributed by atoms with Crippen molar-refractivity contribution in [2.24, 2.45) is 5.92 Å². The molecule has 106 valence electrons. The van der Waals surface area contributed by atoms with Crippen LogP contribution in [0.25, 0.3) is 0 Å². The summed E-state index contributed by atoms with van der Waals surface area (Å²) in [5.41, 5.74) is -1.79. The van der Waals surface area contributed by atoms with Crippen LogP contribution >= 0.6 is 0 Å². The fraction of sp³-hybridized carbons (Fsp3) is 0.917. The molecule has 0 bridgehead atoms. The maximum atomic E-state index is 11.9. The smallest absolute Gasteiger partial charge is 0.220 e. The van der Waals surface area contributed by atoms with E-state index in [2.05, 4.69) is 5.32 Å². The topological polar surface area (TPSA) is 83.5 Å². The highest BCUT2D eigenvalue weighted by molar-refractivity contribution is 7.91. The Kier molecular flexibility index (Phi) is 4.13. The Morgan fingerprint density at radius 3 is 2.28 bits per heavy atom. The van der Waals surface area contributed by atoms with Crippen molar-refractivity contribution in [3.05, 3.63) is 0 Å². The second-order valence-corrected chi connectivity index (χ2v) is 8.43. The first-order valence-corrected chi connectivity index (χ1v) is 7.99. The van der Waals surface area contributed by atoms with Gasteiger partial charge < -0.3 is 10.4 Å². The largest absolute Gasteiger partial charge is 0.388 e. The number of hydrogen-bond donors (Lipinski definition) is 2. The quantitative estimate of drug-likeness (QED) is 0.783. The van der Waals surface area contributed by atoms with E-state index in [4.69, 9.17) is 0 Å². The van der Waals surface area contributed by atoms with Gasteiger partial charge in [0.2, 0.25) is 5.91 Å². The molecular weight excluding hydrogens is 254 g/mol. The molecule has 0 aromatic heterocycles. The van der Waals surface area contributed by atoms with E-state index in [1.165, 1.54) is 0 Å². The lowest BCUT2D eigenvalue weighted by molar-refractivity contribution is -0.126. The van der Waals surface area contributed by atoms with Gasteiger partial charge in [0.15, 0.2) is 9.84 Å². The summed E-state index contributed by atoms with van der Waals surface area (Å²) in [5, 5.41) is 12.7. The van der Waals surface area contributed by atoms with E-state index >= 15 is 0 Å². The van der Waals surface area contributed by atoms with Crippen molar-refractivity contribution >= 4 is 15.7 Å². The Hall–Kier alpha value is -0.620. The van der Waals surface area contributed by atoms with Crippen molar-refractivity contribution in [2.45, 2.75) is 51.7 Å². The molecule has 0 aromatic rings. The zero-order chi connectivity index (χ0) is 14.2. The van der Waals surface area contributed by atoms with Crippen molar-refractivity contribution in [1.82, 2.24) is 5.32 Å². The molecule has 0 aliphatic carbocycles. The molecular formula is C12H23NO4S. The number of amides is 1. The lowest BCUT2D eigenvalue weighted by Gasteiger charge is -2.38. The molecule has 0 radical (unpaired) electrons. The summed E-state index contributed by atoms with van der Waals surface area (Å²) in [4.78, 5) is 11.9. The lowest BCUT2D eigenvalue weighted by atomic mass is 9.85. The summed E-state index contributed by atoms with van der Waals surface area (Å²) in [6.07, 6.45) is 0.761. The van der Waals surface area contributed by atoms with Crippen LogP contribution in [0.1, 0.15) is 40.5 Å². The van der Waals surface area contributed by atoms with Crippen molar-refractivity contribution in [3.63, 3.8) is 0 Å². The number of nitrogens with one attached hydrogen (secondary N) is 1. The van der Waals surface area contributed by atoms with Gasteiger partial charge in [-0.15, -0.1) is 0 Å². The van der Waals surface area contributed by atoms with Gasteiger partial charge in [0.1, 0.15) is 0 Å². The van der Waals surface area contributed by atoms with Gasteiger partial charge >= 0.3 is 0 Å². The van der Waals surface area contributed by atoms with E-state index < -0.39 is 21.0 Å². The third-order valence-corrected chi connectivity index (χ3v) is 5.62. The van der Waals surface area contributed by atoms with Gasteiger partial charge in [-0.2, -0.15) is 0 Å². The molecule has 1 atom stereocenters. The van der Waals surface area contributed by atoms with Crippen molar-refractivity contribution in [1.29, 1.82) is 0 Å². The van der Waals surface area contributed by atoms with Crippen LogP contribution in [0.2, 0.25) is 0 Å². The molecule has 2 N–H and O–H groups in total. The number of carbonyl (C=O) groups is 1. The highest BCUT2D eigenvalue weighted by atomic mass is 32.2. The molecule has 0 spiro atoms. The normalized spacial score (nSPS) is 23.9. The summed E-state index contributed by atoms with van der Waals surface area (Å²) in [7, 11) is -2.94. The van der Waals surface area contributed by atoms with E-state index in [0.29, 0.717) is 6.42 Å². The molecule has 1 unspecified atom stereocenters. The van der Waals surface area contributed by atoms with Crippen LogP contribution in [0, 0.1) is 5.92 Å². The van der Waals surface area contributed by atoms with Crippen LogP contribution in [-0.2, 0) is 14.6 Å². The number of aliphatic hydroxyl groups is 1. The van der Waals surface area contributed by atoms with Crippen LogP contribution in [-0.4, -0.2) is 42.1 Å². The van der Waals surface area contributed by atoms with Gasteiger partial charge in [0, 0.05) is 6.42 Å². The van der Waals surface area contributed by atoms with Crippen molar-refractivity contribution in [2.75, 3.05) is 11.5 Å². The van der Waals surface area contributed by atoms with Gasteiger partial charge in [-0.3, -0.25) is 4.79 Å². The van der Waals surface area contributed by atoms with Gasteiger partial charge in [0.05, 0.1) is 22.6 Å². The molecule has 1 fully saturated rings. The minimum absolute atomic E-state index is 0.0902. The average molecular weight is 277 g/mol. The third kappa shape index (κ3) is 3.95. The predicted octanol–water partition coefficient (Wildman–Crippen LogP) is 0.477. The second kappa shape index (κ2) is 4.81. The van der Waals surface area contributed by atoms with Crippen LogP contribution in [0.15, 0.2) is 0 Å². The minimum atomic E-state index is -2.94. The number of sulfone groups is 1. The van der Waals surface area contributed by atoms with Crippen molar-refractivity contribution < 1.29 is 18.3 Å². The molecule has 1 aliphatic heterocycles. The Bertz CT molecular complexity index is 420. The predicted molar refractivity (Wildman–Crippen MR) is 69.9 cm³/mol. The van der Waals surface area contributed by atoms with Crippen LogP contribution in [0.4, 0.5) is 0 Å². The Morgan fingerprint density at radius 1 is 1.33 bits per heavy atom. The summed E-state index contributed by atoms with van der Waals surface area (Å²) < 4.78 is 22.6. The zero-order valence-electron chi connectivity index (χ0n) is 11.5. The summed E-state index contributed by atoms with van der Waals surface area (Å²) >= 11 is 0. The molecule has 6 heteroatoms. The second-order valence-electron chi connectivity index (χ2n) is 6.21. The van der Waals surface area contributed by atoms with Crippen molar-refractivity contribution in [3.8, 4) is 0 Å². The molecule has 1 aliphatic rings. The fourth-order valence-corrected chi connectivity index (χ4v) is 3.71. The molecule has 1 rings (SSSR count). The van der Waals surface area contributed by atoms with E-state index in [9.17, 15) is 18.3 Å². The van der Waals surface area contributed by atoms with E-state index in [1.54, 1.807) is 27.7 Å². The first-order chi connectivity index (χ1) is 7.93. The molecule has 1 saturated heterocycles.